The number of rotatable bonds is 7. The minimum Gasteiger partial charge on any atom is -0.480 e. The van der Waals surface area contributed by atoms with E-state index in [4.69, 9.17) is 9.84 Å². The largest absolute Gasteiger partial charge is 0.480 e. The van der Waals surface area contributed by atoms with Crippen molar-refractivity contribution in [3.8, 4) is 0 Å². The van der Waals surface area contributed by atoms with Crippen LogP contribution in [0.2, 0.25) is 0 Å². The Kier molecular flexibility index (Phi) is 5.31. The van der Waals surface area contributed by atoms with E-state index in [1.807, 2.05) is 6.92 Å². The van der Waals surface area contributed by atoms with Crippen LogP contribution in [0, 0.1) is 0 Å². The molecule has 1 atom stereocenters. The lowest BCUT2D eigenvalue weighted by molar-refractivity contribution is -0.138. The molecule has 0 aliphatic rings. The van der Waals surface area contributed by atoms with Crippen molar-refractivity contribution in [1.29, 1.82) is 0 Å². The maximum absolute atomic E-state index is 11.3. The Morgan fingerprint density at radius 2 is 2.39 bits per heavy atom. The zero-order valence-electron chi connectivity index (χ0n) is 10.4. The Balaban J connectivity index is 2.82. The molecule has 0 saturated heterocycles. The van der Waals surface area contributed by atoms with E-state index >= 15 is 0 Å². The number of carbonyl (C=O) groups is 1. The van der Waals surface area contributed by atoms with Crippen LogP contribution in [0.15, 0.2) is 10.9 Å². The maximum atomic E-state index is 11.3. The molecule has 1 heterocycles. The molecule has 0 bridgehead atoms. The lowest BCUT2D eigenvalue weighted by atomic mass is 10.2. The number of H-pyrrole nitrogens is 1. The molecule has 0 amide bonds. The van der Waals surface area contributed by atoms with Gasteiger partial charge in [-0.15, -0.1) is 0 Å². The number of carboxylic acid groups (broad SMARTS) is 1. The third-order valence-electron chi connectivity index (χ3n) is 2.36. The van der Waals surface area contributed by atoms with Crippen LogP contribution in [0.1, 0.15) is 19.2 Å². The number of methoxy groups -OCH3 is 1. The number of anilines is 1. The summed E-state index contributed by atoms with van der Waals surface area (Å²) in [6, 6.07) is 0.408. The van der Waals surface area contributed by atoms with Crippen molar-refractivity contribution in [3.05, 3.63) is 22.2 Å². The lowest BCUT2D eigenvalue weighted by Crippen LogP contribution is -2.31. The molecular formula is C11H17N3O4. The molecule has 100 valence electrons. The van der Waals surface area contributed by atoms with Gasteiger partial charge in [0.2, 0.25) is 0 Å². The van der Waals surface area contributed by atoms with Crippen LogP contribution in [0.25, 0.3) is 0 Å². The number of nitrogens with zero attached hydrogens (tertiary/aromatic N) is 1. The lowest BCUT2D eigenvalue weighted by Gasteiger charge is -2.14. The summed E-state index contributed by atoms with van der Waals surface area (Å²) in [7, 11) is 1.50. The average molecular weight is 255 g/mol. The molecule has 7 nitrogen and oxygen atoms in total. The minimum atomic E-state index is -1.01. The Bertz CT molecular complexity index is 458. The fourth-order valence-corrected chi connectivity index (χ4v) is 1.42. The highest BCUT2D eigenvalue weighted by atomic mass is 16.5. The number of ether oxygens (including phenoxy) is 1. The first-order chi connectivity index (χ1) is 8.56. The van der Waals surface area contributed by atoms with Crippen LogP contribution < -0.4 is 10.9 Å². The molecule has 7 heteroatoms. The number of hydrogen-bond acceptors (Lipinski definition) is 5. The summed E-state index contributed by atoms with van der Waals surface area (Å²) in [6.07, 6.45) is 0.863. The second-order valence-corrected chi connectivity index (χ2v) is 3.75. The standard InChI is InChI=1S/C11H17N3O4/c1-3-8-13-9(6-10(15)14-8)12-7(11(16)17)4-5-18-2/h6-7H,3-5H2,1-2H3,(H,16,17)(H2,12,13,14,15). The van der Waals surface area contributed by atoms with Crippen molar-refractivity contribution in [3.63, 3.8) is 0 Å². The van der Waals surface area contributed by atoms with E-state index in [1.165, 1.54) is 13.2 Å². The molecule has 0 fully saturated rings. The second kappa shape index (κ2) is 6.75. The van der Waals surface area contributed by atoms with Gasteiger partial charge in [-0.25, -0.2) is 9.78 Å². The van der Waals surface area contributed by atoms with Crippen LogP contribution in [-0.4, -0.2) is 40.8 Å². The molecule has 0 aliphatic heterocycles. The molecule has 1 rings (SSSR count). The summed E-state index contributed by atoms with van der Waals surface area (Å²) in [4.78, 5) is 29.0. The Labute approximate surface area is 104 Å². The number of nitrogens with one attached hydrogen (secondary N) is 2. The van der Waals surface area contributed by atoms with E-state index in [0.717, 1.165) is 0 Å². The number of hydrogen-bond donors (Lipinski definition) is 3. The van der Waals surface area contributed by atoms with Crippen LogP contribution in [0.3, 0.4) is 0 Å². The van der Waals surface area contributed by atoms with Gasteiger partial charge >= 0.3 is 5.97 Å². The molecule has 0 spiro atoms. The average Bonchev–Trinajstić information content (AvgIpc) is 2.33. The second-order valence-electron chi connectivity index (χ2n) is 3.75. The van der Waals surface area contributed by atoms with Crippen molar-refractivity contribution in [2.45, 2.75) is 25.8 Å². The van der Waals surface area contributed by atoms with Crippen molar-refractivity contribution < 1.29 is 14.6 Å². The summed E-state index contributed by atoms with van der Waals surface area (Å²) in [6.45, 7) is 2.16. The van der Waals surface area contributed by atoms with Crippen molar-refractivity contribution in [1.82, 2.24) is 9.97 Å². The summed E-state index contributed by atoms with van der Waals surface area (Å²) in [5.74, 6) is -0.229. The Morgan fingerprint density at radius 3 is 2.94 bits per heavy atom. The highest BCUT2D eigenvalue weighted by Crippen LogP contribution is 2.05. The number of aliphatic carboxylic acids is 1. The van der Waals surface area contributed by atoms with Crippen molar-refractivity contribution >= 4 is 11.8 Å². The third-order valence-corrected chi connectivity index (χ3v) is 2.36. The quantitative estimate of drug-likeness (QED) is 0.644. The summed E-state index contributed by atoms with van der Waals surface area (Å²) in [5.41, 5.74) is -0.305. The van der Waals surface area contributed by atoms with Crippen LogP contribution >= 0.6 is 0 Å². The molecule has 0 aromatic carbocycles. The highest BCUT2D eigenvalue weighted by molar-refractivity contribution is 5.76. The number of carboxylic acids is 1. The van der Waals surface area contributed by atoms with Gasteiger partial charge in [-0.1, -0.05) is 6.92 Å². The maximum Gasteiger partial charge on any atom is 0.326 e. The number of aryl methyl sites for hydroxylation is 1. The van der Waals surface area contributed by atoms with E-state index in [-0.39, 0.29) is 11.4 Å². The van der Waals surface area contributed by atoms with Gasteiger partial charge in [0.05, 0.1) is 0 Å². The highest BCUT2D eigenvalue weighted by Gasteiger charge is 2.17. The molecular weight excluding hydrogens is 238 g/mol. The Hall–Kier alpha value is -1.89. The van der Waals surface area contributed by atoms with E-state index in [2.05, 4.69) is 15.3 Å². The number of aromatic amines is 1. The summed E-state index contributed by atoms with van der Waals surface area (Å²) in [5, 5.41) is 11.7. The van der Waals surface area contributed by atoms with Gasteiger partial charge < -0.3 is 20.1 Å². The first-order valence-electron chi connectivity index (χ1n) is 5.65. The van der Waals surface area contributed by atoms with Crippen LogP contribution in [-0.2, 0) is 16.0 Å². The van der Waals surface area contributed by atoms with Gasteiger partial charge in [0, 0.05) is 32.6 Å². The van der Waals surface area contributed by atoms with Gasteiger partial charge in [-0.3, -0.25) is 4.79 Å². The molecule has 1 aromatic rings. The fourth-order valence-electron chi connectivity index (χ4n) is 1.42. The van der Waals surface area contributed by atoms with Crippen molar-refractivity contribution in [2.75, 3.05) is 19.0 Å². The van der Waals surface area contributed by atoms with Gasteiger partial charge in [0.25, 0.3) is 5.56 Å². The third kappa shape index (κ3) is 4.17. The van der Waals surface area contributed by atoms with E-state index in [9.17, 15) is 9.59 Å². The number of aromatic nitrogens is 2. The predicted octanol–water partition coefficient (Wildman–Crippen LogP) is 0.234. The van der Waals surface area contributed by atoms with Gasteiger partial charge in [-0.05, 0) is 0 Å². The molecule has 1 aromatic heterocycles. The van der Waals surface area contributed by atoms with E-state index in [0.29, 0.717) is 25.3 Å². The zero-order valence-corrected chi connectivity index (χ0v) is 10.4. The predicted molar refractivity (Wildman–Crippen MR) is 65.8 cm³/mol. The molecule has 18 heavy (non-hydrogen) atoms. The topological polar surface area (TPSA) is 104 Å². The normalized spacial score (nSPS) is 12.1. The van der Waals surface area contributed by atoms with Gasteiger partial charge in [0.15, 0.2) is 0 Å². The monoisotopic (exact) mass is 255 g/mol. The first-order valence-corrected chi connectivity index (χ1v) is 5.65. The van der Waals surface area contributed by atoms with E-state index < -0.39 is 12.0 Å². The first kappa shape index (κ1) is 14.2. The Morgan fingerprint density at radius 1 is 1.67 bits per heavy atom. The summed E-state index contributed by atoms with van der Waals surface area (Å²) < 4.78 is 4.84. The van der Waals surface area contributed by atoms with Gasteiger partial charge in [0.1, 0.15) is 17.7 Å². The molecule has 0 radical (unpaired) electrons. The molecule has 1 unspecified atom stereocenters. The molecule has 0 saturated carbocycles. The molecule has 3 N–H and O–H groups in total. The van der Waals surface area contributed by atoms with Crippen LogP contribution in [0.4, 0.5) is 5.82 Å². The zero-order chi connectivity index (χ0) is 13.5. The van der Waals surface area contributed by atoms with Crippen LogP contribution in [0.5, 0.6) is 0 Å². The summed E-state index contributed by atoms with van der Waals surface area (Å²) >= 11 is 0. The minimum absolute atomic E-state index is 0.263. The SMILES string of the molecule is CCc1nc(NC(CCOC)C(=O)O)cc(=O)[nH]1. The smallest absolute Gasteiger partial charge is 0.326 e. The van der Waals surface area contributed by atoms with E-state index in [1.54, 1.807) is 0 Å². The van der Waals surface area contributed by atoms with Gasteiger partial charge in [-0.2, -0.15) is 0 Å². The fraction of sp³-hybridized carbons (Fsp3) is 0.545. The molecule has 0 aliphatic carbocycles. The van der Waals surface area contributed by atoms with Crippen molar-refractivity contribution in [2.24, 2.45) is 0 Å².